The first-order valence-corrected chi connectivity index (χ1v) is 9.05. The average molecular weight is 307 g/mol. The number of hydrogen-bond acceptors (Lipinski definition) is 1. The smallest absolute Gasteiger partial charge is 0.123 e. The van der Waals surface area contributed by atoms with Crippen LogP contribution in [0, 0.1) is 0 Å². The summed E-state index contributed by atoms with van der Waals surface area (Å²) in [7, 11) is 0. The molecule has 0 atom stereocenters. The molecule has 0 saturated heterocycles. The minimum Gasteiger partial charge on any atom is -0.493 e. The van der Waals surface area contributed by atoms with Gasteiger partial charge in [-0.25, -0.2) is 0 Å². The molecule has 2 heteroatoms. The summed E-state index contributed by atoms with van der Waals surface area (Å²) in [5.41, 5.74) is 1.45. The van der Waals surface area contributed by atoms with Gasteiger partial charge < -0.3 is 9.64 Å². The van der Waals surface area contributed by atoms with Crippen LogP contribution in [-0.2, 0) is 5.41 Å². The maximum atomic E-state index is 6.03. The van der Waals surface area contributed by atoms with Crippen LogP contribution in [0.3, 0.4) is 0 Å². The second-order valence-corrected chi connectivity index (χ2v) is 7.22. The predicted octanol–water partition coefficient (Wildman–Crippen LogP) is 3.85. The quantitative estimate of drug-likeness (QED) is 0.648. The summed E-state index contributed by atoms with van der Waals surface area (Å²) in [6.07, 6.45) is 5.10. The molecular weight excluding hydrogens is 270 g/mol. The number of ether oxygens (including phenoxy) is 1. The lowest BCUT2D eigenvalue weighted by atomic mass is 9.86. The Morgan fingerprint density at radius 3 is 2.18 bits per heavy atom. The van der Waals surface area contributed by atoms with Crippen molar-refractivity contribution in [1.29, 1.82) is 0 Å². The number of para-hydroxylation sites is 1. The van der Waals surface area contributed by atoms with Crippen LogP contribution in [0.2, 0.25) is 0 Å². The van der Waals surface area contributed by atoms with Crippen LogP contribution < -0.4 is 9.64 Å². The van der Waals surface area contributed by atoms with Crippen LogP contribution in [0.5, 0.6) is 5.75 Å². The number of nitrogens with one attached hydrogen (secondary N) is 1. The van der Waals surface area contributed by atoms with Gasteiger partial charge in [-0.2, -0.15) is 0 Å². The summed E-state index contributed by atoms with van der Waals surface area (Å²) in [5, 5.41) is 0. The molecule has 2 nitrogen and oxygen atoms in total. The monoisotopic (exact) mass is 306 g/mol. The predicted molar refractivity (Wildman–Crippen MR) is 96.0 cm³/mol. The minimum absolute atomic E-state index is 0.142. The van der Waals surface area contributed by atoms with E-state index in [1.165, 1.54) is 44.5 Å². The lowest BCUT2D eigenvalue weighted by molar-refractivity contribution is -0.896. The maximum Gasteiger partial charge on any atom is 0.123 e. The van der Waals surface area contributed by atoms with Crippen molar-refractivity contribution < 1.29 is 9.64 Å². The molecule has 126 valence electrons. The summed E-state index contributed by atoms with van der Waals surface area (Å²) < 4.78 is 6.03. The summed E-state index contributed by atoms with van der Waals surface area (Å²) in [6.45, 7) is 15.9. The average Bonchev–Trinajstić information content (AvgIpc) is 2.49. The molecule has 0 saturated carbocycles. The van der Waals surface area contributed by atoms with Crippen LogP contribution in [-0.4, -0.2) is 26.2 Å². The Labute approximate surface area is 137 Å². The Kier molecular flexibility index (Phi) is 8.55. The summed E-state index contributed by atoms with van der Waals surface area (Å²) in [6, 6.07) is 8.45. The Bertz CT molecular complexity index is 404. The first kappa shape index (κ1) is 19.0. The van der Waals surface area contributed by atoms with Crippen LogP contribution >= 0.6 is 0 Å². The van der Waals surface area contributed by atoms with Crippen LogP contribution in [0.4, 0.5) is 0 Å². The molecule has 0 spiro atoms. The fourth-order valence-electron chi connectivity index (χ4n) is 2.83. The first-order valence-electron chi connectivity index (χ1n) is 9.05. The van der Waals surface area contributed by atoms with E-state index in [-0.39, 0.29) is 5.41 Å². The van der Waals surface area contributed by atoms with E-state index in [4.69, 9.17) is 4.74 Å². The van der Waals surface area contributed by atoms with Crippen LogP contribution in [0.25, 0.3) is 0 Å². The van der Waals surface area contributed by atoms with Crippen molar-refractivity contribution >= 4 is 0 Å². The van der Waals surface area contributed by atoms with Crippen molar-refractivity contribution in [3.05, 3.63) is 29.8 Å². The van der Waals surface area contributed by atoms with Gasteiger partial charge in [0.25, 0.3) is 0 Å². The second-order valence-electron chi connectivity index (χ2n) is 7.22. The Morgan fingerprint density at radius 1 is 0.909 bits per heavy atom. The molecule has 0 unspecified atom stereocenters. The Hall–Kier alpha value is -1.02. The van der Waals surface area contributed by atoms with E-state index in [0.717, 1.165) is 18.8 Å². The molecule has 1 aromatic rings. The third-order valence-electron chi connectivity index (χ3n) is 4.38. The molecule has 1 N–H and O–H groups in total. The standard InChI is InChI=1S/C20H35NO/c1-6-21(7-2)16-12-8-9-13-17-22-19-15-11-10-14-18(19)20(3,4)5/h10-11,14-15H,6-9,12-13,16-17H2,1-5H3/p+1. The molecule has 0 aliphatic rings. The van der Waals surface area contributed by atoms with Gasteiger partial charge in [0, 0.05) is 0 Å². The van der Waals surface area contributed by atoms with Gasteiger partial charge in [-0.15, -0.1) is 0 Å². The van der Waals surface area contributed by atoms with Crippen molar-refractivity contribution in [2.75, 3.05) is 26.2 Å². The zero-order valence-electron chi connectivity index (χ0n) is 15.4. The molecule has 0 aliphatic heterocycles. The normalized spacial score (nSPS) is 11.9. The van der Waals surface area contributed by atoms with E-state index < -0.39 is 0 Å². The van der Waals surface area contributed by atoms with Crippen LogP contribution in [0.1, 0.15) is 65.9 Å². The van der Waals surface area contributed by atoms with Gasteiger partial charge in [0.05, 0.1) is 26.2 Å². The lowest BCUT2D eigenvalue weighted by Gasteiger charge is -2.22. The zero-order chi connectivity index (χ0) is 16.4. The third kappa shape index (κ3) is 6.83. The van der Waals surface area contributed by atoms with Gasteiger partial charge in [0.15, 0.2) is 0 Å². The van der Waals surface area contributed by atoms with Crippen molar-refractivity contribution in [2.24, 2.45) is 0 Å². The largest absolute Gasteiger partial charge is 0.493 e. The molecule has 0 heterocycles. The molecule has 0 aliphatic carbocycles. The highest BCUT2D eigenvalue weighted by Gasteiger charge is 2.18. The summed E-state index contributed by atoms with van der Waals surface area (Å²) in [5.74, 6) is 1.06. The van der Waals surface area contributed by atoms with E-state index in [0.29, 0.717) is 0 Å². The summed E-state index contributed by atoms with van der Waals surface area (Å²) in [4.78, 5) is 1.72. The fraction of sp³-hybridized carbons (Fsp3) is 0.700. The zero-order valence-corrected chi connectivity index (χ0v) is 15.4. The van der Waals surface area contributed by atoms with Crippen molar-refractivity contribution in [3.63, 3.8) is 0 Å². The Balaban J connectivity index is 2.23. The van der Waals surface area contributed by atoms with Gasteiger partial charge in [-0.1, -0.05) is 39.0 Å². The van der Waals surface area contributed by atoms with Gasteiger partial charge in [0.2, 0.25) is 0 Å². The number of benzene rings is 1. The highest BCUT2D eigenvalue weighted by atomic mass is 16.5. The highest BCUT2D eigenvalue weighted by molar-refractivity contribution is 5.38. The SMILES string of the molecule is CC[NH+](CC)CCCCCCOc1ccccc1C(C)(C)C. The van der Waals surface area contributed by atoms with E-state index in [2.05, 4.69) is 58.9 Å². The second kappa shape index (κ2) is 9.89. The minimum atomic E-state index is 0.142. The van der Waals surface area contributed by atoms with Crippen molar-refractivity contribution in [1.82, 2.24) is 0 Å². The fourth-order valence-corrected chi connectivity index (χ4v) is 2.83. The number of rotatable bonds is 10. The molecule has 0 radical (unpaired) electrons. The van der Waals surface area contributed by atoms with Crippen molar-refractivity contribution in [2.45, 2.75) is 65.7 Å². The third-order valence-corrected chi connectivity index (χ3v) is 4.38. The van der Waals surface area contributed by atoms with E-state index in [9.17, 15) is 0 Å². The number of unbranched alkanes of at least 4 members (excludes halogenated alkanes) is 3. The van der Waals surface area contributed by atoms with Gasteiger partial charge in [0.1, 0.15) is 5.75 Å². The molecule has 1 aromatic carbocycles. The maximum absolute atomic E-state index is 6.03. The Morgan fingerprint density at radius 2 is 1.55 bits per heavy atom. The first-order chi connectivity index (χ1) is 10.5. The molecular formula is C20H36NO+. The van der Waals surface area contributed by atoms with Crippen LogP contribution in [0.15, 0.2) is 24.3 Å². The highest BCUT2D eigenvalue weighted by Crippen LogP contribution is 2.30. The topological polar surface area (TPSA) is 13.7 Å². The molecule has 1 rings (SSSR count). The molecule has 0 fully saturated rings. The summed E-state index contributed by atoms with van der Waals surface area (Å²) >= 11 is 0. The van der Waals surface area contributed by atoms with Gasteiger partial charge >= 0.3 is 0 Å². The van der Waals surface area contributed by atoms with E-state index in [1.54, 1.807) is 4.90 Å². The number of hydrogen-bond donors (Lipinski definition) is 1. The number of quaternary nitrogens is 1. The molecule has 0 amide bonds. The van der Waals surface area contributed by atoms with E-state index in [1.807, 2.05) is 0 Å². The van der Waals surface area contributed by atoms with E-state index >= 15 is 0 Å². The van der Waals surface area contributed by atoms with Gasteiger partial charge in [-0.05, 0) is 56.6 Å². The molecule has 0 bridgehead atoms. The molecule has 0 aromatic heterocycles. The lowest BCUT2D eigenvalue weighted by Crippen LogP contribution is -3.11. The van der Waals surface area contributed by atoms with Gasteiger partial charge in [-0.3, -0.25) is 0 Å². The van der Waals surface area contributed by atoms with Crippen molar-refractivity contribution in [3.8, 4) is 5.75 Å². The molecule has 22 heavy (non-hydrogen) atoms.